The van der Waals surface area contributed by atoms with Crippen LogP contribution >= 0.6 is 0 Å². The van der Waals surface area contributed by atoms with Crippen molar-refractivity contribution in [2.45, 2.75) is 37.9 Å². The van der Waals surface area contributed by atoms with Gasteiger partial charge in [-0.15, -0.1) is 0 Å². The Labute approximate surface area is 217 Å². The highest BCUT2D eigenvalue weighted by atomic mass is 19.4. The minimum atomic E-state index is -4.67. The number of carbonyl (C=O) groups excluding carboxylic acids is 1. The van der Waals surface area contributed by atoms with Gasteiger partial charge in [-0.1, -0.05) is 66.7 Å². The molecule has 4 rings (SSSR count). The van der Waals surface area contributed by atoms with Gasteiger partial charge in [-0.05, 0) is 22.8 Å². The van der Waals surface area contributed by atoms with E-state index in [4.69, 9.17) is 14.2 Å². The van der Waals surface area contributed by atoms with Gasteiger partial charge in [0.15, 0.2) is 17.6 Å². The van der Waals surface area contributed by atoms with Crippen molar-refractivity contribution in [2.75, 3.05) is 13.7 Å². The van der Waals surface area contributed by atoms with Crippen LogP contribution in [-0.2, 0) is 33.9 Å². The molecule has 0 aromatic heterocycles. The van der Waals surface area contributed by atoms with Crippen LogP contribution in [0.5, 0.6) is 11.5 Å². The van der Waals surface area contributed by atoms with E-state index in [0.29, 0.717) is 22.6 Å². The lowest BCUT2D eigenvalue weighted by Crippen LogP contribution is -2.50. The summed E-state index contributed by atoms with van der Waals surface area (Å²) in [5.41, 5.74) is 2.24. The molecular formula is C28H26F3NO6. The van der Waals surface area contributed by atoms with Crippen LogP contribution in [0.4, 0.5) is 13.2 Å². The maximum Gasteiger partial charge on any atom is 0.411 e. The highest BCUT2D eigenvalue weighted by molar-refractivity contribution is 5.88. The van der Waals surface area contributed by atoms with E-state index in [1.54, 1.807) is 30.3 Å². The van der Waals surface area contributed by atoms with Gasteiger partial charge in [0.1, 0.15) is 19.3 Å². The number of rotatable bonds is 9. The largest absolute Gasteiger partial charge is 0.493 e. The Morgan fingerprint density at radius 1 is 1.03 bits per heavy atom. The van der Waals surface area contributed by atoms with Crippen molar-refractivity contribution >= 4 is 11.9 Å². The summed E-state index contributed by atoms with van der Waals surface area (Å²) in [4.78, 5) is 26.9. The number of nitrogens with zero attached hydrogens (tertiary/aromatic N) is 1. The van der Waals surface area contributed by atoms with E-state index < -0.39 is 36.8 Å². The van der Waals surface area contributed by atoms with E-state index in [-0.39, 0.29) is 25.1 Å². The minimum Gasteiger partial charge on any atom is -0.493 e. The molecule has 0 fully saturated rings. The number of fused-ring (bicyclic) bond motifs is 1. The van der Waals surface area contributed by atoms with Gasteiger partial charge in [0.05, 0.1) is 7.11 Å². The smallest absolute Gasteiger partial charge is 0.411 e. The molecule has 0 saturated heterocycles. The third kappa shape index (κ3) is 6.25. The molecule has 3 aromatic rings. The zero-order valence-corrected chi connectivity index (χ0v) is 20.5. The molecule has 1 aliphatic rings. The van der Waals surface area contributed by atoms with Crippen molar-refractivity contribution < 1.29 is 42.1 Å². The number of carboxylic acids is 1. The van der Waals surface area contributed by atoms with Crippen molar-refractivity contribution in [3.05, 3.63) is 95.1 Å². The average molecular weight is 530 g/mol. The summed E-state index contributed by atoms with van der Waals surface area (Å²) >= 11 is 0. The molecule has 0 spiro atoms. The van der Waals surface area contributed by atoms with Gasteiger partial charge < -0.3 is 24.2 Å². The van der Waals surface area contributed by atoms with E-state index in [9.17, 15) is 27.9 Å². The van der Waals surface area contributed by atoms with E-state index in [1.807, 2.05) is 30.3 Å². The molecule has 3 aromatic carbocycles. The first-order valence-corrected chi connectivity index (χ1v) is 11.8. The summed E-state index contributed by atoms with van der Waals surface area (Å²) in [5, 5.41) is 10.0. The van der Waals surface area contributed by atoms with Crippen LogP contribution in [0.1, 0.15) is 28.4 Å². The molecule has 0 aliphatic carbocycles. The molecule has 1 amide bonds. The monoisotopic (exact) mass is 529 g/mol. The average Bonchev–Trinajstić information content (AvgIpc) is 2.91. The quantitative estimate of drug-likeness (QED) is 0.423. The van der Waals surface area contributed by atoms with E-state index in [0.717, 1.165) is 10.5 Å². The molecule has 1 aliphatic heterocycles. The first-order valence-electron chi connectivity index (χ1n) is 11.8. The molecule has 38 heavy (non-hydrogen) atoms. The van der Waals surface area contributed by atoms with Gasteiger partial charge in [-0.2, -0.15) is 13.2 Å². The maximum atomic E-state index is 13.6. The molecule has 2 atom stereocenters. The number of methoxy groups -OCH3 is 1. The van der Waals surface area contributed by atoms with Crippen molar-refractivity contribution in [1.29, 1.82) is 0 Å². The highest BCUT2D eigenvalue weighted by Gasteiger charge is 2.41. The molecule has 0 saturated carbocycles. The summed E-state index contributed by atoms with van der Waals surface area (Å²) < 4.78 is 55.5. The van der Waals surface area contributed by atoms with Gasteiger partial charge in [0.2, 0.25) is 0 Å². The predicted octanol–water partition coefficient (Wildman–Crippen LogP) is 4.93. The Morgan fingerprint density at radius 3 is 2.29 bits per heavy atom. The molecule has 200 valence electrons. The first-order chi connectivity index (χ1) is 18.2. The molecule has 0 bridgehead atoms. The summed E-state index contributed by atoms with van der Waals surface area (Å²) in [5.74, 6) is -1.41. The topological polar surface area (TPSA) is 85.3 Å². The molecular weight excluding hydrogens is 503 g/mol. The highest BCUT2D eigenvalue weighted by Crippen LogP contribution is 2.40. The zero-order chi connectivity index (χ0) is 27.3. The fraction of sp³-hybridized carbons (Fsp3) is 0.286. The van der Waals surface area contributed by atoms with Crippen LogP contribution in [0.3, 0.4) is 0 Å². The number of alkyl halides is 3. The standard InChI is InChI=1S/C28H26F3NO6/c1-36-23-13-12-20-15-32(26(33)24(38-17-28(29,30)31)19-10-6-3-7-11-19)22(27(34)35)14-21(20)25(23)37-16-18-8-4-2-5-9-18/h2-13,22,24H,14-17H2,1H3,(H,34,35)/t22-,24-/m0/s1. The number of halogens is 3. The zero-order valence-electron chi connectivity index (χ0n) is 20.5. The second kappa shape index (κ2) is 11.6. The number of hydrogen-bond acceptors (Lipinski definition) is 5. The Hall–Kier alpha value is -4.05. The number of hydrogen-bond donors (Lipinski definition) is 1. The number of benzene rings is 3. The third-order valence-corrected chi connectivity index (χ3v) is 6.19. The van der Waals surface area contributed by atoms with Crippen LogP contribution in [-0.4, -0.2) is 47.8 Å². The number of carboxylic acid groups (broad SMARTS) is 1. The predicted molar refractivity (Wildman–Crippen MR) is 131 cm³/mol. The molecule has 7 nitrogen and oxygen atoms in total. The van der Waals surface area contributed by atoms with E-state index >= 15 is 0 Å². The van der Waals surface area contributed by atoms with Gasteiger partial charge >= 0.3 is 12.1 Å². The van der Waals surface area contributed by atoms with Gasteiger partial charge in [0.25, 0.3) is 5.91 Å². The normalized spacial score (nSPS) is 15.9. The summed E-state index contributed by atoms with van der Waals surface area (Å²) in [6.45, 7) is -1.61. The van der Waals surface area contributed by atoms with Crippen molar-refractivity contribution in [1.82, 2.24) is 4.90 Å². The molecule has 0 unspecified atom stereocenters. The number of amides is 1. The second-order valence-electron chi connectivity index (χ2n) is 8.75. The van der Waals surface area contributed by atoms with Crippen molar-refractivity contribution in [2.24, 2.45) is 0 Å². The van der Waals surface area contributed by atoms with Gasteiger partial charge in [0, 0.05) is 18.5 Å². The van der Waals surface area contributed by atoms with Crippen LogP contribution < -0.4 is 9.47 Å². The van der Waals surface area contributed by atoms with Crippen LogP contribution in [0.2, 0.25) is 0 Å². The first kappa shape index (κ1) is 27.0. The van der Waals surface area contributed by atoms with Crippen molar-refractivity contribution in [3.8, 4) is 11.5 Å². The Balaban J connectivity index is 1.67. The Bertz CT molecular complexity index is 1270. The molecule has 0 radical (unpaired) electrons. The Kier molecular flexibility index (Phi) is 8.21. The number of aliphatic carboxylic acids is 1. The van der Waals surface area contributed by atoms with Gasteiger partial charge in [-0.25, -0.2) is 4.79 Å². The fourth-order valence-electron chi connectivity index (χ4n) is 4.38. The SMILES string of the molecule is COc1ccc2c(c1OCc1ccccc1)C[C@@H](C(=O)O)N(C(=O)[C@@H](OCC(F)(F)F)c1ccccc1)C2. The van der Waals surface area contributed by atoms with Gasteiger partial charge in [-0.3, -0.25) is 4.79 Å². The lowest BCUT2D eigenvalue weighted by Gasteiger charge is -2.37. The number of carbonyl (C=O) groups is 2. The fourth-order valence-corrected chi connectivity index (χ4v) is 4.38. The Morgan fingerprint density at radius 2 is 1.68 bits per heavy atom. The maximum absolute atomic E-state index is 13.6. The van der Waals surface area contributed by atoms with Crippen molar-refractivity contribution in [3.63, 3.8) is 0 Å². The minimum absolute atomic E-state index is 0.126. The van der Waals surface area contributed by atoms with E-state index in [1.165, 1.54) is 19.2 Å². The van der Waals surface area contributed by atoms with Crippen LogP contribution in [0.25, 0.3) is 0 Å². The lowest BCUT2D eigenvalue weighted by atomic mass is 9.91. The second-order valence-corrected chi connectivity index (χ2v) is 8.75. The third-order valence-electron chi connectivity index (χ3n) is 6.19. The van der Waals surface area contributed by atoms with E-state index in [2.05, 4.69) is 0 Å². The summed E-state index contributed by atoms with van der Waals surface area (Å²) in [6.07, 6.45) is -6.43. The number of ether oxygens (including phenoxy) is 3. The molecule has 1 heterocycles. The summed E-state index contributed by atoms with van der Waals surface area (Å²) in [7, 11) is 1.47. The summed E-state index contributed by atoms with van der Waals surface area (Å²) in [6, 6.07) is 19.1. The van der Waals surface area contributed by atoms with Crippen LogP contribution in [0.15, 0.2) is 72.8 Å². The molecule has 10 heteroatoms. The van der Waals surface area contributed by atoms with Crippen LogP contribution in [0, 0.1) is 0 Å². The molecule has 1 N–H and O–H groups in total. The lowest BCUT2D eigenvalue weighted by molar-refractivity contribution is -0.193.